The zero-order chi connectivity index (χ0) is 18.9. The van der Waals surface area contributed by atoms with Crippen LogP contribution in [0.2, 0.25) is 0 Å². The van der Waals surface area contributed by atoms with Crippen molar-refractivity contribution >= 4 is 17.8 Å². The van der Waals surface area contributed by atoms with Gasteiger partial charge in [-0.15, -0.1) is 0 Å². The van der Waals surface area contributed by atoms with Gasteiger partial charge in [0.25, 0.3) is 0 Å². The van der Waals surface area contributed by atoms with Gasteiger partial charge in [0.05, 0.1) is 0 Å². The van der Waals surface area contributed by atoms with Crippen molar-refractivity contribution in [1.82, 2.24) is 10.2 Å². The summed E-state index contributed by atoms with van der Waals surface area (Å²) in [6.07, 6.45) is 1.31. The van der Waals surface area contributed by atoms with Crippen molar-refractivity contribution in [1.29, 1.82) is 0 Å². The number of carbonyl (C=O) groups excluding carboxylic acids is 2. The molecule has 0 aliphatic rings. The van der Waals surface area contributed by atoms with Crippen LogP contribution in [0.15, 0.2) is 30.3 Å². The maximum atomic E-state index is 12.3. The van der Waals surface area contributed by atoms with E-state index >= 15 is 0 Å². The van der Waals surface area contributed by atoms with E-state index in [0.717, 1.165) is 5.56 Å². The monoisotopic (exact) mass is 348 g/mol. The molecule has 0 saturated heterocycles. The number of hydrogen-bond donors (Lipinski definition) is 2. The summed E-state index contributed by atoms with van der Waals surface area (Å²) >= 11 is 0. The van der Waals surface area contributed by atoms with Crippen molar-refractivity contribution in [2.45, 2.75) is 40.0 Å². The van der Waals surface area contributed by atoms with E-state index in [1.807, 2.05) is 51.1 Å². The number of carboxylic acid groups (broad SMARTS) is 1. The van der Waals surface area contributed by atoms with E-state index in [1.54, 1.807) is 0 Å². The summed E-state index contributed by atoms with van der Waals surface area (Å²) in [6, 6.07) is 9.64. The largest absolute Gasteiger partial charge is 0.480 e. The Labute approximate surface area is 149 Å². The van der Waals surface area contributed by atoms with Crippen LogP contribution in [0.25, 0.3) is 0 Å². The Morgan fingerprint density at radius 2 is 1.76 bits per heavy atom. The molecule has 1 aromatic rings. The van der Waals surface area contributed by atoms with E-state index in [0.29, 0.717) is 25.9 Å². The average Bonchev–Trinajstić information content (AvgIpc) is 2.54. The van der Waals surface area contributed by atoms with Crippen LogP contribution in [-0.4, -0.2) is 47.4 Å². The molecule has 0 heterocycles. The fourth-order valence-corrected chi connectivity index (χ4v) is 2.23. The summed E-state index contributed by atoms with van der Waals surface area (Å²) < 4.78 is 0. The van der Waals surface area contributed by atoms with E-state index in [2.05, 4.69) is 5.32 Å². The predicted octanol–water partition coefficient (Wildman–Crippen LogP) is 2.08. The zero-order valence-electron chi connectivity index (χ0n) is 15.2. The molecule has 0 spiro atoms. The lowest BCUT2D eigenvalue weighted by atomic mass is 9.96. The number of nitrogens with zero attached hydrogens (tertiary/aromatic N) is 1. The minimum Gasteiger partial charge on any atom is -0.480 e. The second kappa shape index (κ2) is 9.81. The molecule has 0 aliphatic carbocycles. The molecule has 1 rings (SSSR count). The molecular formula is C19H28N2O4. The fourth-order valence-electron chi connectivity index (χ4n) is 2.23. The highest BCUT2D eigenvalue weighted by molar-refractivity contribution is 5.82. The maximum absolute atomic E-state index is 12.3. The third kappa shape index (κ3) is 8.33. The summed E-state index contributed by atoms with van der Waals surface area (Å²) in [4.78, 5) is 36.4. The third-order valence-corrected chi connectivity index (χ3v) is 3.73. The zero-order valence-corrected chi connectivity index (χ0v) is 15.2. The topological polar surface area (TPSA) is 86.7 Å². The average molecular weight is 348 g/mol. The van der Waals surface area contributed by atoms with Crippen LogP contribution in [0, 0.1) is 5.41 Å². The van der Waals surface area contributed by atoms with Gasteiger partial charge in [-0.3, -0.25) is 14.4 Å². The molecule has 1 aromatic carbocycles. The van der Waals surface area contributed by atoms with Gasteiger partial charge in [-0.05, 0) is 18.4 Å². The van der Waals surface area contributed by atoms with Gasteiger partial charge in [-0.2, -0.15) is 0 Å². The van der Waals surface area contributed by atoms with Crippen molar-refractivity contribution < 1.29 is 19.5 Å². The number of amides is 2. The first kappa shape index (κ1) is 20.7. The van der Waals surface area contributed by atoms with Crippen LogP contribution in [0.1, 0.15) is 39.2 Å². The molecule has 138 valence electrons. The van der Waals surface area contributed by atoms with Gasteiger partial charge in [0.2, 0.25) is 11.8 Å². The number of carbonyl (C=O) groups is 3. The number of benzene rings is 1. The number of carboxylic acids is 1. The van der Waals surface area contributed by atoms with Gasteiger partial charge in [0.1, 0.15) is 6.54 Å². The molecule has 6 heteroatoms. The summed E-state index contributed by atoms with van der Waals surface area (Å²) in [7, 11) is 0. The van der Waals surface area contributed by atoms with E-state index in [1.165, 1.54) is 4.90 Å². The van der Waals surface area contributed by atoms with Gasteiger partial charge >= 0.3 is 5.97 Å². The summed E-state index contributed by atoms with van der Waals surface area (Å²) in [5.74, 6) is -1.29. The highest BCUT2D eigenvalue weighted by Crippen LogP contribution is 2.12. The van der Waals surface area contributed by atoms with Crippen LogP contribution in [0.5, 0.6) is 0 Å². The Morgan fingerprint density at radius 1 is 1.12 bits per heavy atom. The Balaban J connectivity index is 2.45. The quantitative estimate of drug-likeness (QED) is 0.669. The molecule has 0 aliphatic heterocycles. The lowest BCUT2D eigenvalue weighted by Gasteiger charge is -2.21. The minimum absolute atomic E-state index is 0.0635. The maximum Gasteiger partial charge on any atom is 0.323 e. The van der Waals surface area contributed by atoms with E-state index in [-0.39, 0.29) is 24.8 Å². The molecule has 0 bridgehead atoms. The van der Waals surface area contributed by atoms with E-state index < -0.39 is 11.4 Å². The van der Waals surface area contributed by atoms with Crippen molar-refractivity contribution in [3.05, 3.63) is 35.9 Å². The molecule has 0 radical (unpaired) electrons. The molecular weight excluding hydrogens is 320 g/mol. The van der Waals surface area contributed by atoms with Gasteiger partial charge in [0, 0.05) is 24.9 Å². The molecule has 6 nitrogen and oxygen atoms in total. The van der Waals surface area contributed by atoms with E-state index in [4.69, 9.17) is 5.11 Å². The van der Waals surface area contributed by atoms with Gasteiger partial charge in [0.15, 0.2) is 0 Å². The first-order valence-corrected chi connectivity index (χ1v) is 8.52. The predicted molar refractivity (Wildman–Crippen MR) is 96.1 cm³/mol. The second-order valence-corrected chi connectivity index (χ2v) is 7.05. The van der Waals surface area contributed by atoms with Crippen molar-refractivity contribution in [3.63, 3.8) is 0 Å². The van der Waals surface area contributed by atoms with Crippen LogP contribution in [-0.2, 0) is 20.8 Å². The standard InChI is InChI=1S/C19H28N2O4/c1-19(2,3)18(25)20-12-7-10-16(22)21(14-17(23)24)13-11-15-8-5-4-6-9-15/h4-6,8-9H,7,10-14H2,1-3H3,(H,20,25)(H,23,24). The molecule has 0 atom stereocenters. The highest BCUT2D eigenvalue weighted by Gasteiger charge is 2.21. The van der Waals surface area contributed by atoms with Crippen LogP contribution in [0.4, 0.5) is 0 Å². The summed E-state index contributed by atoms with van der Waals surface area (Å²) in [5, 5.41) is 11.8. The van der Waals surface area contributed by atoms with Crippen molar-refractivity contribution in [3.8, 4) is 0 Å². The Hall–Kier alpha value is -2.37. The molecule has 0 aromatic heterocycles. The molecule has 2 N–H and O–H groups in total. The van der Waals surface area contributed by atoms with Crippen molar-refractivity contribution in [2.24, 2.45) is 5.41 Å². The Kier molecular flexibility index (Phi) is 8.11. The molecule has 0 fully saturated rings. The van der Waals surface area contributed by atoms with Gasteiger partial charge in [-0.1, -0.05) is 51.1 Å². The van der Waals surface area contributed by atoms with E-state index in [9.17, 15) is 14.4 Å². The highest BCUT2D eigenvalue weighted by atomic mass is 16.4. The van der Waals surface area contributed by atoms with Crippen LogP contribution >= 0.6 is 0 Å². The minimum atomic E-state index is -1.03. The normalized spacial score (nSPS) is 11.0. The Bertz CT molecular complexity index is 579. The SMILES string of the molecule is CC(C)(C)C(=O)NCCCC(=O)N(CCc1ccccc1)CC(=O)O. The number of nitrogens with one attached hydrogen (secondary N) is 1. The second-order valence-electron chi connectivity index (χ2n) is 7.05. The van der Waals surface area contributed by atoms with Crippen LogP contribution in [0.3, 0.4) is 0 Å². The van der Waals surface area contributed by atoms with Crippen molar-refractivity contribution in [2.75, 3.05) is 19.6 Å². The van der Waals surface area contributed by atoms with Gasteiger partial charge < -0.3 is 15.3 Å². The smallest absolute Gasteiger partial charge is 0.323 e. The van der Waals surface area contributed by atoms with Crippen LogP contribution < -0.4 is 5.32 Å². The lowest BCUT2D eigenvalue weighted by Crippen LogP contribution is -2.38. The first-order chi connectivity index (χ1) is 11.7. The third-order valence-electron chi connectivity index (χ3n) is 3.73. The number of rotatable bonds is 9. The summed E-state index contributed by atoms with van der Waals surface area (Å²) in [5.41, 5.74) is 0.595. The molecule has 25 heavy (non-hydrogen) atoms. The fraction of sp³-hybridized carbons (Fsp3) is 0.526. The number of aliphatic carboxylic acids is 1. The molecule has 0 unspecified atom stereocenters. The Morgan fingerprint density at radius 3 is 2.32 bits per heavy atom. The number of hydrogen-bond acceptors (Lipinski definition) is 3. The molecule has 0 saturated carbocycles. The first-order valence-electron chi connectivity index (χ1n) is 8.52. The summed E-state index contributed by atoms with van der Waals surface area (Å²) in [6.45, 7) is 5.94. The van der Waals surface area contributed by atoms with Gasteiger partial charge in [-0.25, -0.2) is 0 Å². The lowest BCUT2D eigenvalue weighted by molar-refractivity contribution is -0.144. The molecule has 2 amide bonds.